The molecule has 6 nitrogen and oxygen atoms in total. The molecule has 128 valence electrons. The number of benzene rings is 1. The molecule has 1 aliphatic rings. The van der Waals surface area contributed by atoms with Gasteiger partial charge in [0.15, 0.2) is 10.9 Å². The third-order valence-corrected chi connectivity index (χ3v) is 7.50. The van der Waals surface area contributed by atoms with Crippen molar-refractivity contribution in [1.82, 2.24) is 9.21 Å². The molecular weight excluding hydrogens is 381 g/mol. The minimum Gasteiger partial charge on any atom is -0.366 e. The largest absolute Gasteiger partial charge is 0.366 e. The highest BCUT2D eigenvalue weighted by Crippen LogP contribution is 2.43. The standard InChI is InChI=1S/C13H17Cl2N3O3S2/c1-16-12-18(4)13(19,7-22-12)8-5-11(10(15)6-9(8)14)23(20,21)17(2)3/h5-6,19H,7H2,1-4H3. The number of aliphatic hydroxyl groups is 1. The summed E-state index contributed by atoms with van der Waals surface area (Å²) >= 11 is 13.6. The second kappa shape index (κ2) is 6.42. The van der Waals surface area contributed by atoms with Gasteiger partial charge >= 0.3 is 0 Å². The lowest BCUT2D eigenvalue weighted by Gasteiger charge is -2.32. The number of sulfonamides is 1. The van der Waals surface area contributed by atoms with Gasteiger partial charge in [0.25, 0.3) is 0 Å². The molecule has 1 atom stereocenters. The van der Waals surface area contributed by atoms with Crippen molar-refractivity contribution in [3.8, 4) is 0 Å². The van der Waals surface area contributed by atoms with E-state index in [2.05, 4.69) is 4.99 Å². The van der Waals surface area contributed by atoms with Gasteiger partial charge in [-0.15, -0.1) is 0 Å². The van der Waals surface area contributed by atoms with Crippen LogP contribution in [-0.4, -0.2) is 61.8 Å². The van der Waals surface area contributed by atoms with Crippen LogP contribution in [0.1, 0.15) is 5.56 Å². The first-order valence-electron chi connectivity index (χ1n) is 6.53. The Labute approximate surface area is 150 Å². The first-order valence-corrected chi connectivity index (χ1v) is 9.71. The summed E-state index contributed by atoms with van der Waals surface area (Å²) in [6.07, 6.45) is 0. The quantitative estimate of drug-likeness (QED) is 0.844. The van der Waals surface area contributed by atoms with Gasteiger partial charge in [0.1, 0.15) is 4.90 Å². The van der Waals surface area contributed by atoms with Crippen LogP contribution >= 0.6 is 35.0 Å². The van der Waals surface area contributed by atoms with Crippen molar-refractivity contribution in [2.24, 2.45) is 4.99 Å². The molecular formula is C13H17Cl2N3O3S2. The lowest BCUT2D eigenvalue weighted by molar-refractivity contribution is -0.0348. The Morgan fingerprint density at radius 2 is 1.96 bits per heavy atom. The molecule has 0 aromatic heterocycles. The first kappa shape index (κ1) is 18.8. The van der Waals surface area contributed by atoms with E-state index < -0.39 is 15.7 Å². The van der Waals surface area contributed by atoms with Crippen LogP contribution in [0, 0.1) is 0 Å². The van der Waals surface area contributed by atoms with Gasteiger partial charge in [0, 0.05) is 33.8 Å². The summed E-state index contributed by atoms with van der Waals surface area (Å²) in [4.78, 5) is 5.55. The van der Waals surface area contributed by atoms with E-state index in [-0.39, 0.29) is 26.3 Å². The monoisotopic (exact) mass is 397 g/mol. The minimum atomic E-state index is -3.76. The summed E-state index contributed by atoms with van der Waals surface area (Å²) in [6, 6.07) is 2.67. The zero-order chi connectivity index (χ0) is 17.6. The van der Waals surface area contributed by atoms with Gasteiger partial charge in [0.2, 0.25) is 10.0 Å². The van der Waals surface area contributed by atoms with E-state index in [0.717, 1.165) is 4.31 Å². The molecule has 23 heavy (non-hydrogen) atoms. The van der Waals surface area contributed by atoms with Crippen molar-refractivity contribution in [2.75, 3.05) is 33.9 Å². The van der Waals surface area contributed by atoms with Crippen LogP contribution in [0.5, 0.6) is 0 Å². The van der Waals surface area contributed by atoms with Crippen LogP contribution in [-0.2, 0) is 15.7 Å². The molecule has 1 fully saturated rings. The fourth-order valence-electron chi connectivity index (χ4n) is 2.22. The molecule has 0 aliphatic carbocycles. The molecule has 0 radical (unpaired) electrons. The molecule has 1 aromatic carbocycles. The Balaban J connectivity index is 2.66. The highest BCUT2D eigenvalue weighted by Gasteiger charge is 2.44. The predicted molar refractivity (Wildman–Crippen MR) is 94.8 cm³/mol. The molecule has 0 bridgehead atoms. The molecule has 10 heteroatoms. The topological polar surface area (TPSA) is 73.2 Å². The van der Waals surface area contributed by atoms with E-state index in [1.54, 1.807) is 19.0 Å². The molecule has 0 saturated carbocycles. The van der Waals surface area contributed by atoms with Gasteiger partial charge < -0.3 is 10.0 Å². The number of aliphatic imine (C=N–C) groups is 1. The van der Waals surface area contributed by atoms with E-state index >= 15 is 0 Å². The molecule has 1 aromatic rings. The molecule has 0 amide bonds. The van der Waals surface area contributed by atoms with E-state index in [4.69, 9.17) is 23.2 Å². The van der Waals surface area contributed by atoms with Gasteiger partial charge in [-0.2, -0.15) is 0 Å². The average Bonchev–Trinajstić information content (AvgIpc) is 2.74. The third-order valence-electron chi connectivity index (χ3n) is 3.65. The Bertz CT molecular complexity index is 768. The van der Waals surface area contributed by atoms with Gasteiger partial charge in [-0.1, -0.05) is 35.0 Å². The Morgan fingerprint density at radius 3 is 2.43 bits per heavy atom. The summed E-state index contributed by atoms with van der Waals surface area (Å²) < 4.78 is 25.9. The van der Waals surface area contributed by atoms with Crippen molar-refractivity contribution in [3.63, 3.8) is 0 Å². The number of amidine groups is 1. The van der Waals surface area contributed by atoms with Gasteiger partial charge in [-0.05, 0) is 12.1 Å². The zero-order valence-electron chi connectivity index (χ0n) is 13.0. The van der Waals surface area contributed by atoms with E-state index in [1.807, 2.05) is 0 Å². The number of thioether (sulfide) groups is 1. The highest BCUT2D eigenvalue weighted by atomic mass is 35.5. The van der Waals surface area contributed by atoms with Crippen molar-refractivity contribution >= 4 is 50.2 Å². The summed E-state index contributed by atoms with van der Waals surface area (Å²) in [5.74, 6) is 0.277. The van der Waals surface area contributed by atoms with Crippen LogP contribution in [0.25, 0.3) is 0 Å². The Hall–Kier alpha value is -0.510. The third kappa shape index (κ3) is 3.08. The summed E-state index contributed by atoms with van der Waals surface area (Å²) in [5, 5.41) is 11.9. The number of nitrogens with zero attached hydrogens (tertiary/aromatic N) is 3. The molecule has 1 saturated heterocycles. The molecule has 1 aliphatic heterocycles. The van der Waals surface area contributed by atoms with Crippen molar-refractivity contribution in [3.05, 3.63) is 27.7 Å². The summed E-state index contributed by atoms with van der Waals surface area (Å²) in [6.45, 7) is 0. The maximum absolute atomic E-state index is 12.4. The second-order valence-electron chi connectivity index (χ2n) is 5.22. The number of hydrogen-bond acceptors (Lipinski definition) is 5. The van der Waals surface area contributed by atoms with Gasteiger partial charge in [0.05, 0.1) is 15.8 Å². The summed E-state index contributed by atoms with van der Waals surface area (Å²) in [7, 11) is 2.35. The molecule has 1 unspecified atom stereocenters. The fraction of sp³-hybridized carbons (Fsp3) is 0.462. The van der Waals surface area contributed by atoms with E-state index in [1.165, 1.54) is 38.0 Å². The first-order chi connectivity index (χ1) is 10.6. The Morgan fingerprint density at radius 1 is 1.35 bits per heavy atom. The van der Waals surface area contributed by atoms with Crippen LogP contribution in [0.2, 0.25) is 10.0 Å². The lowest BCUT2D eigenvalue weighted by atomic mass is 10.0. The predicted octanol–water partition coefficient (Wildman–Crippen LogP) is 2.05. The summed E-state index contributed by atoms with van der Waals surface area (Å²) in [5.41, 5.74) is -1.18. The number of halogens is 2. The maximum Gasteiger partial charge on any atom is 0.244 e. The molecule has 1 N–H and O–H groups in total. The molecule has 0 spiro atoms. The second-order valence-corrected chi connectivity index (χ2v) is 9.10. The highest BCUT2D eigenvalue weighted by molar-refractivity contribution is 8.14. The average molecular weight is 398 g/mol. The normalized spacial score (nSPS) is 24.0. The lowest BCUT2D eigenvalue weighted by Crippen LogP contribution is -2.42. The zero-order valence-corrected chi connectivity index (χ0v) is 16.2. The number of hydrogen-bond donors (Lipinski definition) is 1. The van der Waals surface area contributed by atoms with E-state index in [0.29, 0.717) is 5.17 Å². The smallest absolute Gasteiger partial charge is 0.244 e. The molecule has 2 rings (SSSR count). The van der Waals surface area contributed by atoms with Gasteiger partial charge in [-0.3, -0.25) is 4.99 Å². The van der Waals surface area contributed by atoms with Crippen molar-refractivity contribution < 1.29 is 13.5 Å². The van der Waals surface area contributed by atoms with Crippen LogP contribution in [0.15, 0.2) is 22.0 Å². The fourth-order valence-corrected chi connectivity index (χ4v) is 5.17. The number of rotatable bonds is 3. The van der Waals surface area contributed by atoms with Crippen LogP contribution in [0.3, 0.4) is 0 Å². The van der Waals surface area contributed by atoms with Crippen LogP contribution < -0.4 is 0 Å². The maximum atomic E-state index is 12.4. The van der Waals surface area contributed by atoms with Crippen molar-refractivity contribution in [1.29, 1.82) is 0 Å². The van der Waals surface area contributed by atoms with E-state index in [9.17, 15) is 13.5 Å². The molecule has 1 heterocycles. The van der Waals surface area contributed by atoms with Gasteiger partial charge in [-0.25, -0.2) is 12.7 Å². The van der Waals surface area contributed by atoms with Crippen LogP contribution in [0.4, 0.5) is 0 Å². The minimum absolute atomic E-state index is 0.00809. The van der Waals surface area contributed by atoms with Crippen molar-refractivity contribution in [2.45, 2.75) is 10.6 Å². The SMILES string of the molecule is CN=C1SCC(O)(c2cc(S(=O)(=O)N(C)C)c(Cl)cc2Cl)N1C. The Kier molecular flexibility index (Phi) is 5.25.